The normalized spacial score (nSPS) is 14.0. The molecule has 0 aromatic rings. The predicted molar refractivity (Wildman–Crippen MR) is 381 cm³/mol. The Labute approximate surface area is 575 Å². The van der Waals surface area contributed by atoms with Crippen LogP contribution in [0.5, 0.6) is 0 Å². The van der Waals surface area contributed by atoms with Gasteiger partial charge in [-0.15, -0.1) is 0 Å². The van der Waals surface area contributed by atoms with Crippen LogP contribution in [0, 0.1) is 11.8 Å². The van der Waals surface area contributed by atoms with Gasteiger partial charge >= 0.3 is 39.5 Å². The number of rotatable bonds is 74. The maximum Gasteiger partial charge on any atom is 0.472 e. The van der Waals surface area contributed by atoms with Gasteiger partial charge in [0, 0.05) is 25.7 Å². The van der Waals surface area contributed by atoms with Crippen LogP contribution in [0.1, 0.15) is 388 Å². The molecule has 0 aliphatic rings. The molecule has 0 aromatic heterocycles. The molecule has 3 N–H and O–H groups in total. The summed E-state index contributed by atoms with van der Waals surface area (Å²) in [6, 6.07) is 0. The van der Waals surface area contributed by atoms with Gasteiger partial charge in [-0.3, -0.25) is 37.3 Å². The van der Waals surface area contributed by atoms with Gasteiger partial charge in [-0.2, -0.15) is 0 Å². The quantitative estimate of drug-likeness (QED) is 0.0222. The van der Waals surface area contributed by atoms with Crippen LogP contribution in [0.25, 0.3) is 0 Å². The number of ether oxygens (including phenoxy) is 4. The lowest BCUT2D eigenvalue weighted by Gasteiger charge is -2.21. The van der Waals surface area contributed by atoms with Gasteiger partial charge in [0.25, 0.3) is 0 Å². The number of hydrogen-bond acceptors (Lipinski definition) is 15. The lowest BCUT2D eigenvalue weighted by Crippen LogP contribution is -2.30. The maximum absolute atomic E-state index is 13.1. The molecule has 0 fully saturated rings. The van der Waals surface area contributed by atoms with Crippen LogP contribution in [0.15, 0.2) is 0 Å². The van der Waals surface area contributed by atoms with Crippen molar-refractivity contribution in [2.75, 3.05) is 39.6 Å². The number of hydrogen-bond donors (Lipinski definition) is 3. The summed E-state index contributed by atoms with van der Waals surface area (Å²) >= 11 is 0. The minimum absolute atomic E-state index is 0.106. The molecule has 0 aliphatic heterocycles. The Hall–Kier alpha value is -1.94. The topological polar surface area (TPSA) is 237 Å². The van der Waals surface area contributed by atoms with Crippen molar-refractivity contribution in [2.24, 2.45) is 11.8 Å². The summed E-state index contributed by atoms with van der Waals surface area (Å²) in [5, 5.41) is 10.6. The van der Waals surface area contributed by atoms with E-state index >= 15 is 0 Å². The molecule has 19 heteroatoms. The number of aliphatic hydroxyl groups excluding tert-OH is 1. The first-order valence-corrected chi connectivity index (χ1v) is 42.0. The number of aliphatic hydroxyl groups is 1. The fourth-order valence-electron chi connectivity index (χ4n) is 11.5. The van der Waals surface area contributed by atoms with E-state index in [1.807, 2.05) is 0 Å². The summed E-state index contributed by atoms with van der Waals surface area (Å²) in [5.41, 5.74) is 0. The van der Waals surface area contributed by atoms with E-state index in [2.05, 4.69) is 41.5 Å². The summed E-state index contributed by atoms with van der Waals surface area (Å²) in [5.74, 6) is -0.510. The average molecular weight is 1380 g/mol. The third kappa shape index (κ3) is 68.6. The Morgan fingerprint density at radius 3 is 0.723 bits per heavy atom. The fourth-order valence-corrected chi connectivity index (χ4v) is 13.1. The fraction of sp³-hybridized carbons (Fsp3) is 0.947. The van der Waals surface area contributed by atoms with E-state index in [-0.39, 0.29) is 25.7 Å². The van der Waals surface area contributed by atoms with Crippen molar-refractivity contribution in [1.82, 2.24) is 0 Å². The predicted octanol–water partition coefficient (Wildman–Crippen LogP) is 21.9. The van der Waals surface area contributed by atoms with E-state index in [1.54, 1.807) is 0 Å². The molecule has 0 heterocycles. The summed E-state index contributed by atoms with van der Waals surface area (Å²) in [6.07, 6.45) is 54.3. The molecule has 0 aromatic carbocycles. The number of carbonyl (C=O) groups excluding carboxylic acids is 4. The first kappa shape index (κ1) is 92.1. The Kier molecular flexibility index (Phi) is 65.5. The summed E-state index contributed by atoms with van der Waals surface area (Å²) in [7, 11) is -9.90. The molecule has 94 heavy (non-hydrogen) atoms. The number of unbranched alkanes of at least 4 members (excludes halogenated alkanes) is 44. The Balaban J connectivity index is 5.16. The number of phosphoric ester groups is 2. The molecule has 0 spiro atoms. The van der Waals surface area contributed by atoms with Crippen molar-refractivity contribution < 1.29 is 80.2 Å². The highest BCUT2D eigenvalue weighted by atomic mass is 31.2. The third-order valence-electron chi connectivity index (χ3n) is 17.5. The maximum atomic E-state index is 13.1. The zero-order chi connectivity index (χ0) is 69.3. The van der Waals surface area contributed by atoms with Crippen molar-refractivity contribution >= 4 is 39.5 Å². The zero-order valence-electron chi connectivity index (χ0n) is 61.3. The molecule has 558 valence electrons. The Bertz CT molecular complexity index is 1820. The Morgan fingerprint density at radius 2 is 0.489 bits per heavy atom. The summed E-state index contributed by atoms with van der Waals surface area (Å²) in [6.45, 7) is 9.60. The van der Waals surface area contributed by atoms with Gasteiger partial charge in [0.2, 0.25) is 0 Å². The minimum Gasteiger partial charge on any atom is -0.462 e. The van der Waals surface area contributed by atoms with Crippen LogP contribution in [0.3, 0.4) is 0 Å². The smallest absolute Gasteiger partial charge is 0.462 e. The molecule has 0 saturated carbocycles. The zero-order valence-corrected chi connectivity index (χ0v) is 63.1. The van der Waals surface area contributed by atoms with Crippen LogP contribution in [-0.2, 0) is 65.4 Å². The monoisotopic (exact) mass is 1380 g/mol. The standard InChI is InChI=1S/C75H146O17P2/c1-7-9-11-13-15-32-41-47-53-59-74(79)91-70(63-85-72(77)57-51-45-39-16-14-12-10-8-2)65-89-93(81,82)87-61-69(76)62-88-94(83,84)90-66-71(64-86-73(78)58-52-46-40-35-30-27-23-25-29-34-38-44-50-56-68(5)6)92-75(80)60-54-48-42-36-31-26-22-20-18-17-19-21-24-28-33-37-43-49-55-67(3)4/h67-71,76H,7-66H2,1-6H3,(H,81,82)(H,83,84)/t69-,70+,71+/m0/s1. The van der Waals surface area contributed by atoms with E-state index in [0.29, 0.717) is 25.7 Å². The number of carbonyl (C=O) groups is 4. The first-order valence-electron chi connectivity index (χ1n) is 39.0. The molecule has 5 atom stereocenters. The molecule has 0 bridgehead atoms. The van der Waals surface area contributed by atoms with Gasteiger partial charge in [-0.05, 0) is 37.5 Å². The average Bonchev–Trinajstić information content (AvgIpc) is 2.09. The highest BCUT2D eigenvalue weighted by molar-refractivity contribution is 7.47. The summed E-state index contributed by atoms with van der Waals surface area (Å²) < 4.78 is 68.3. The van der Waals surface area contributed by atoms with Gasteiger partial charge < -0.3 is 33.8 Å². The molecule has 0 aliphatic carbocycles. The van der Waals surface area contributed by atoms with Crippen molar-refractivity contribution in [3.8, 4) is 0 Å². The second-order valence-corrected chi connectivity index (χ2v) is 30.9. The highest BCUT2D eigenvalue weighted by Gasteiger charge is 2.30. The van der Waals surface area contributed by atoms with E-state index in [4.69, 9.17) is 37.0 Å². The molecule has 0 radical (unpaired) electrons. The van der Waals surface area contributed by atoms with Gasteiger partial charge in [-0.25, -0.2) is 9.13 Å². The van der Waals surface area contributed by atoms with Crippen molar-refractivity contribution in [3.63, 3.8) is 0 Å². The third-order valence-corrected chi connectivity index (χ3v) is 19.4. The molecular weight excluding hydrogens is 1230 g/mol. The number of phosphoric acid groups is 2. The van der Waals surface area contributed by atoms with Gasteiger partial charge in [0.15, 0.2) is 12.2 Å². The molecule has 17 nitrogen and oxygen atoms in total. The van der Waals surface area contributed by atoms with Gasteiger partial charge in [0.1, 0.15) is 19.3 Å². The van der Waals surface area contributed by atoms with Crippen molar-refractivity contribution in [2.45, 2.75) is 407 Å². The SMILES string of the molecule is CCCCCCCCCCCC(=O)O[C@H](COC(=O)CCCCCCCCCC)COP(=O)(O)OC[C@H](O)COP(=O)(O)OC[C@@H](COC(=O)CCCCCCCCCCCCCCCC(C)C)OC(=O)CCCCCCCCCCCCCCCCCCCCC(C)C. The Morgan fingerprint density at radius 1 is 0.287 bits per heavy atom. The van der Waals surface area contributed by atoms with Crippen LogP contribution in [-0.4, -0.2) is 96.7 Å². The minimum atomic E-state index is -4.96. The van der Waals surface area contributed by atoms with Crippen LogP contribution < -0.4 is 0 Å². The molecule has 0 saturated heterocycles. The second-order valence-electron chi connectivity index (χ2n) is 28.0. The molecular formula is C75H146O17P2. The lowest BCUT2D eigenvalue weighted by atomic mass is 10.0. The molecule has 2 unspecified atom stereocenters. The van der Waals surface area contributed by atoms with E-state index in [1.165, 1.54) is 199 Å². The van der Waals surface area contributed by atoms with E-state index < -0.39 is 97.5 Å². The van der Waals surface area contributed by atoms with E-state index in [9.17, 15) is 43.2 Å². The lowest BCUT2D eigenvalue weighted by molar-refractivity contribution is -0.161. The van der Waals surface area contributed by atoms with E-state index in [0.717, 1.165) is 108 Å². The first-order chi connectivity index (χ1) is 45.4. The van der Waals surface area contributed by atoms with Crippen LogP contribution in [0.4, 0.5) is 0 Å². The molecule has 0 amide bonds. The largest absolute Gasteiger partial charge is 0.472 e. The molecule has 0 rings (SSSR count). The van der Waals surface area contributed by atoms with Crippen LogP contribution in [0.2, 0.25) is 0 Å². The number of esters is 4. The van der Waals surface area contributed by atoms with Gasteiger partial charge in [0.05, 0.1) is 26.4 Å². The summed E-state index contributed by atoms with van der Waals surface area (Å²) in [4.78, 5) is 72.6. The second kappa shape index (κ2) is 66.9. The van der Waals surface area contributed by atoms with Gasteiger partial charge in [-0.1, -0.05) is 337 Å². The van der Waals surface area contributed by atoms with Crippen molar-refractivity contribution in [3.05, 3.63) is 0 Å². The highest BCUT2D eigenvalue weighted by Crippen LogP contribution is 2.45. The van der Waals surface area contributed by atoms with Crippen molar-refractivity contribution in [1.29, 1.82) is 0 Å². The van der Waals surface area contributed by atoms with Crippen LogP contribution >= 0.6 is 15.6 Å².